The van der Waals surface area contributed by atoms with Crippen LogP contribution in [0.1, 0.15) is 6.42 Å². The maximum atomic E-state index is 5.67. The molecule has 0 N–H and O–H groups in total. The molecule has 0 radical (unpaired) electrons. The summed E-state index contributed by atoms with van der Waals surface area (Å²) in [6, 6.07) is 1.14. The zero-order valence-electron chi connectivity index (χ0n) is 7.50. The third-order valence-corrected chi connectivity index (χ3v) is 4.71. The summed E-state index contributed by atoms with van der Waals surface area (Å²) >= 11 is 20.6. The van der Waals surface area contributed by atoms with Crippen molar-refractivity contribution in [2.45, 2.75) is 40.7 Å². The molecule has 0 saturated carbocycles. The van der Waals surface area contributed by atoms with Gasteiger partial charge in [0.15, 0.2) is 3.79 Å². The first-order valence-corrected chi connectivity index (χ1v) is 9.57. The molecule has 0 aromatic rings. The highest BCUT2D eigenvalue weighted by Gasteiger charge is 2.27. The highest BCUT2D eigenvalue weighted by molar-refractivity contribution is 9.09. The van der Waals surface area contributed by atoms with Gasteiger partial charge in [0.05, 0.1) is 0 Å². The molecular formula is C7H14BrCl3Si. The smallest absolute Gasteiger partial charge is 0.0892 e. The first kappa shape index (κ1) is 13.6. The van der Waals surface area contributed by atoms with Gasteiger partial charge in [0.1, 0.15) is 0 Å². The zero-order valence-corrected chi connectivity index (χ0v) is 12.4. The lowest BCUT2D eigenvalue weighted by molar-refractivity contribution is 0.840. The fourth-order valence-electron chi connectivity index (χ4n) is 0.988. The van der Waals surface area contributed by atoms with Crippen LogP contribution in [-0.2, 0) is 0 Å². The van der Waals surface area contributed by atoms with Crippen LogP contribution in [0.3, 0.4) is 0 Å². The monoisotopic (exact) mass is 310 g/mol. The first-order valence-electron chi connectivity index (χ1n) is 3.81. The first-order chi connectivity index (χ1) is 5.10. The van der Waals surface area contributed by atoms with Crippen molar-refractivity contribution >= 4 is 58.8 Å². The van der Waals surface area contributed by atoms with E-state index in [1.165, 1.54) is 0 Å². The Morgan fingerprint density at radius 3 is 1.92 bits per heavy atom. The molecule has 0 fully saturated rings. The molecule has 0 heterocycles. The Hall–Kier alpha value is 1.57. The van der Waals surface area contributed by atoms with E-state index in [4.69, 9.17) is 34.8 Å². The van der Waals surface area contributed by atoms with Crippen molar-refractivity contribution in [3.8, 4) is 0 Å². The third-order valence-electron chi connectivity index (χ3n) is 1.29. The molecule has 0 aliphatic heterocycles. The van der Waals surface area contributed by atoms with Gasteiger partial charge in [-0.1, -0.05) is 70.4 Å². The Morgan fingerprint density at radius 1 is 1.25 bits per heavy atom. The molecule has 0 saturated heterocycles. The van der Waals surface area contributed by atoms with Crippen LogP contribution in [0.15, 0.2) is 0 Å². The average molecular weight is 313 g/mol. The topological polar surface area (TPSA) is 0 Å². The lowest BCUT2D eigenvalue weighted by Crippen LogP contribution is -2.26. The summed E-state index contributed by atoms with van der Waals surface area (Å²) in [5.74, 6) is 0. The Balaban J connectivity index is 3.83. The fourth-order valence-corrected chi connectivity index (χ4v) is 6.98. The van der Waals surface area contributed by atoms with Crippen LogP contribution in [0, 0.1) is 0 Å². The van der Waals surface area contributed by atoms with Crippen molar-refractivity contribution in [2.24, 2.45) is 0 Å². The normalized spacial score (nSPS) is 16.2. The summed E-state index contributed by atoms with van der Waals surface area (Å²) in [5.41, 5.74) is 0. The highest BCUT2D eigenvalue weighted by Crippen LogP contribution is 2.35. The predicted octanol–water partition coefficient (Wildman–Crippen LogP) is 4.85. The van der Waals surface area contributed by atoms with Gasteiger partial charge in [-0.2, -0.15) is 0 Å². The third kappa shape index (κ3) is 9.65. The lowest BCUT2D eigenvalue weighted by Gasteiger charge is -2.22. The van der Waals surface area contributed by atoms with Gasteiger partial charge < -0.3 is 0 Å². The summed E-state index contributed by atoms with van der Waals surface area (Å²) in [5, 5.41) is 0. The minimum absolute atomic E-state index is 0.330. The molecular weight excluding hydrogens is 298 g/mol. The lowest BCUT2D eigenvalue weighted by atomic mass is 10.4. The molecule has 0 aromatic heterocycles. The number of hydrogen-bond donors (Lipinski definition) is 0. The van der Waals surface area contributed by atoms with E-state index >= 15 is 0 Å². The number of hydrogen-bond acceptors (Lipinski definition) is 0. The summed E-state index contributed by atoms with van der Waals surface area (Å²) in [7, 11) is -1.04. The van der Waals surface area contributed by atoms with Gasteiger partial charge in [-0.05, 0) is 6.04 Å². The number of halogens is 4. The van der Waals surface area contributed by atoms with Gasteiger partial charge in [0, 0.05) is 19.3 Å². The van der Waals surface area contributed by atoms with Crippen LogP contribution in [0.5, 0.6) is 0 Å². The van der Waals surface area contributed by atoms with E-state index in [-0.39, 0.29) is 0 Å². The molecule has 74 valence electrons. The molecule has 0 aliphatic carbocycles. The summed E-state index contributed by atoms with van der Waals surface area (Å²) in [4.78, 5) is 0.330. The van der Waals surface area contributed by atoms with E-state index < -0.39 is 11.9 Å². The standard InChI is InChI=1S/C7H14BrCl3Si/c1-12(2,3)5-6(8)4-7(9,10)11/h6H,4-5H2,1-3H3. The highest BCUT2D eigenvalue weighted by atomic mass is 79.9. The second-order valence-electron chi connectivity index (χ2n) is 4.18. The molecule has 1 unspecified atom stereocenters. The van der Waals surface area contributed by atoms with E-state index in [0.29, 0.717) is 11.2 Å². The minimum Gasteiger partial charge on any atom is -0.0892 e. The van der Waals surface area contributed by atoms with Crippen LogP contribution in [0.4, 0.5) is 0 Å². The van der Waals surface area contributed by atoms with Crippen molar-refractivity contribution in [1.29, 1.82) is 0 Å². The molecule has 0 nitrogen and oxygen atoms in total. The minimum atomic E-state index is -1.12. The number of rotatable bonds is 3. The molecule has 1 atom stereocenters. The van der Waals surface area contributed by atoms with Crippen LogP contribution < -0.4 is 0 Å². The van der Waals surface area contributed by atoms with E-state index in [1.54, 1.807) is 0 Å². The molecule has 0 spiro atoms. The van der Waals surface area contributed by atoms with Crippen molar-refractivity contribution < 1.29 is 0 Å². The van der Waals surface area contributed by atoms with E-state index in [9.17, 15) is 0 Å². The van der Waals surface area contributed by atoms with Crippen LogP contribution in [-0.4, -0.2) is 16.7 Å². The molecule has 5 heteroatoms. The number of alkyl halides is 4. The van der Waals surface area contributed by atoms with Gasteiger partial charge in [-0.15, -0.1) is 0 Å². The van der Waals surface area contributed by atoms with Crippen LogP contribution in [0.2, 0.25) is 25.7 Å². The van der Waals surface area contributed by atoms with Crippen molar-refractivity contribution in [1.82, 2.24) is 0 Å². The van der Waals surface area contributed by atoms with Crippen molar-refractivity contribution in [3.63, 3.8) is 0 Å². The Kier molecular flexibility index (Phi) is 5.51. The average Bonchev–Trinajstić information content (AvgIpc) is 1.49. The van der Waals surface area contributed by atoms with Gasteiger partial charge in [-0.25, -0.2) is 0 Å². The van der Waals surface area contributed by atoms with Crippen molar-refractivity contribution in [3.05, 3.63) is 0 Å². The predicted molar refractivity (Wildman–Crippen MR) is 65.8 cm³/mol. The SMILES string of the molecule is C[Si](C)(C)CC(Br)CC(Cl)(Cl)Cl. The van der Waals surface area contributed by atoms with Gasteiger partial charge in [0.25, 0.3) is 0 Å². The Bertz CT molecular complexity index is 123. The molecule has 0 amide bonds. The molecule has 12 heavy (non-hydrogen) atoms. The molecule has 0 rings (SSSR count). The Labute approximate surface area is 99.1 Å². The second kappa shape index (κ2) is 4.88. The van der Waals surface area contributed by atoms with E-state index in [1.807, 2.05) is 0 Å². The van der Waals surface area contributed by atoms with Crippen LogP contribution in [0.25, 0.3) is 0 Å². The molecule has 0 aliphatic rings. The zero-order chi connectivity index (χ0) is 9.99. The summed E-state index contributed by atoms with van der Waals surface area (Å²) in [6.45, 7) is 6.92. The molecule has 0 aromatic carbocycles. The molecule has 0 bridgehead atoms. The van der Waals surface area contributed by atoms with Crippen molar-refractivity contribution in [2.75, 3.05) is 0 Å². The quantitative estimate of drug-likeness (QED) is 0.516. The maximum absolute atomic E-state index is 5.67. The fraction of sp³-hybridized carbons (Fsp3) is 1.00. The maximum Gasteiger partial charge on any atom is 0.191 e. The van der Waals surface area contributed by atoms with E-state index in [0.717, 1.165) is 6.04 Å². The summed E-state index contributed by atoms with van der Waals surface area (Å²) in [6.07, 6.45) is 0.585. The second-order valence-corrected chi connectivity index (χ2v) is 13.5. The van der Waals surface area contributed by atoms with E-state index in [2.05, 4.69) is 35.6 Å². The largest absolute Gasteiger partial charge is 0.191 e. The summed E-state index contributed by atoms with van der Waals surface area (Å²) < 4.78 is -1.12. The van der Waals surface area contributed by atoms with Gasteiger partial charge in [-0.3, -0.25) is 0 Å². The van der Waals surface area contributed by atoms with Crippen LogP contribution >= 0.6 is 50.7 Å². The van der Waals surface area contributed by atoms with Gasteiger partial charge >= 0.3 is 0 Å². The van der Waals surface area contributed by atoms with Gasteiger partial charge in [0.2, 0.25) is 0 Å². The Morgan fingerprint density at radius 2 is 1.67 bits per heavy atom.